The number of benzene rings is 2. The van der Waals surface area contributed by atoms with E-state index in [0.29, 0.717) is 16.3 Å². The van der Waals surface area contributed by atoms with Crippen molar-refractivity contribution in [3.8, 4) is 5.88 Å². The van der Waals surface area contributed by atoms with E-state index in [1.165, 1.54) is 18.3 Å². The maximum absolute atomic E-state index is 11.8. The molecule has 0 radical (unpaired) electrons. The van der Waals surface area contributed by atoms with Crippen molar-refractivity contribution in [1.82, 2.24) is 4.98 Å². The van der Waals surface area contributed by atoms with Crippen LogP contribution in [-0.2, 0) is 16.6 Å². The summed E-state index contributed by atoms with van der Waals surface area (Å²) in [6.45, 7) is 0.276. The lowest BCUT2D eigenvalue weighted by Crippen LogP contribution is -2.11. The lowest BCUT2D eigenvalue weighted by molar-refractivity contribution is 0.452. The lowest BCUT2D eigenvalue weighted by Gasteiger charge is -2.04. The number of aromatic hydroxyl groups is 1. The number of hydrogen-bond donors (Lipinski definition) is 3. The molecule has 3 aromatic rings. The van der Waals surface area contributed by atoms with Crippen LogP contribution in [0.4, 0.5) is 0 Å². The van der Waals surface area contributed by atoms with Crippen LogP contribution in [0, 0.1) is 0 Å². The smallest absolute Gasteiger partial charge is 0.258 e. The van der Waals surface area contributed by atoms with Gasteiger partial charge in [0.15, 0.2) is 0 Å². The van der Waals surface area contributed by atoms with Crippen molar-refractivity contribution >= 4 is 27.0 Å². The lowest BCUT2D eigenvalue weighted by atomic mass is 10.1. The van der Waals surface area contributed by atoms with Gasteiger partial charge in [-0.1, -0.05) is 30.3 Å². The number of H-pyrrole nitrogens is 1. The number of nitrogens with one attached hydrogen (secondary N) is 1. The number of pyridine rings is 1. The summed E-state index contributed by atoms with van der Waals surface area (Å²) in [5.41, 5.74) is 0.817. The van der Waals surface area contributed by atoms with E-state index in [1.54, 1.807) is 36.4 Å². The van der Waals surface area contributed by atoms with E-state index in [-0.39, 0.29) is 22.9 Å². The highest BCUT2D eigenvalue weighted by atomic mass is 32.2. The molecule has 1 aromatic heterocycles. The zero-order chi connectivity index (χ0) is 18.0. The number of aliphatic imine (C=N–C) groups is 1. The van der Waals surface area contributed by atoms with E-state index >= 15 is 0 Å². The molecule has 0 aliphatic heterocycles. The van der Waals surface area contributed by atoms with Crippen molar-refractivity contribution in [3.63, 3.8) is 0 Å². The Morgan fingerprint density at radius 3 is 2.36 bits per heavy atom. The zero-order valence-electron chi connectivity index (χ0n) is 13.0. The molecule has 0 unspecified atom stereocenters. The predicted octanol–water partition coefficient (Wildman–Crippen LogP) is 1.50. The maximum Gasteiger partial charge on any atom is 0.258 e. The van der Waals surface area contributed by atoms with Crippen molar-refractivity contribution in [1.29, 1.82) is 0 Å². The molecule has 7 nitrogen and oxygen atoms in total. The summed E-state index contributed by atoms with van der Waals surface area (Å²) in [4.78, 5) is 18.5. The standard InChI is InChI=1S/C17H15N3O4S/c18-25(23,24)12-7-5-11(6-8-12)9-19-10-15-13-3-1-2-4-14(13)16(21)20-17(15)22/h1-8,10H,9H2,(H2,18,23,24)(H2,20,21,22). The topological polar surface area (TPSA) is 126 Å². The molecule has 0 aliphatic rings. The normalized spacial score (nSPS) is 12.0. The van der Waals surface area contributed by atoms with E-state index in [4.69, 9.17) is 5.14 Å². The van der Waals surface area contributed by atoms with Gasteiger partial charge in [0.2, 0.25) is 15.9 Å². The van der Waals surface area contributed by atoms with Gasteiger partial charge < -0.3 is 5.11 Å². The van der Waals surface area contributed by atoms with Crippen molar-refractivity contribution < 1.29 is 13.5 Å². The van der Waals surface area contributed by atoms with Crippen LogP contribution in [0.25, 0.3) is 10.8 Å². The molecule has 0 aliphatic carbocycles. The molecule has 0 fully saturated rings. The third-order valence-corrected chi connectivity index (χ3v) is 4.62. The maximum atomic E-state index is 11.8. The van der Waals surface area contributed by atoms with Crippen LogP contribution in [-0.4, -0.2) is 24.7 Å². The minimum absolute atomic E-state index is 0.0319. The second kappa shape index (κ2) is 6.50. The van der Waals surface area contributed by atoms with Crippen LogP contribution in [0.2, 0.25) is 0 Å². The van der Waals surface area contributed by atoms with Gasteiger partial charge in [0, 0.05) is 17.0 Å². The predicted molar refractivity (Wildman–Crippen MR) is 95.3 cm³/mol. The summed E-state index contributed by atoms with van der Waals surface area (Å²) in [6.07, 6.45) is 1.47. The number of primary sulfonamides is 1. The second-order valence-electron chi connectivity index (χ2n) is 5.42. The number of rotatable bonds is 4. The Balaban J connectivity index is 1.88. The van der Waals surface area contributed by atoms with Crippen LogP contribution < -0.4 is 10.7 Å². The molecule has 4 N–H and O–H groups in total. The summed E-state index contributed by atoms with van der Waals surface area (Å²) in [7, 11) is -3.72. The Labute approximate surface area is 143 Å². The fourth-order valence-electron chi connectivity index (χ4n) is 2.44. The van der Waals surface area contributed by atoms with Gasteiger partial charge in [0.05, 0.1) is 17.0 Å². The number of nitrogens with zero attached hydrogens (tertiary/aromatic N) is 1. The fraction of sp³-hybridized carbons (Fsp3) is 0.0588. The Morgan fingerprint density at radius 2 is 1.72 bits per heavy atom. The highest BCUT2D eigenvalue weighted by Crippen LogP contribution is 2.20. The van der Waals surface area contributed by atoms with Gasteiger partial charge >= 0.3 is 0 Å². The van der Waals surface area contributed by atoms with Crippen molar-refractivity contribution in [2.45, 2.75) is 11.4 Å². The highest BCUT2D eigenvalue weighted by Gasteiger charge is 2.09. The molecular weight excluding hydrogens is 342 g/mol. The Bertz CT molecular complexity index is 1120. The summed E-state index contributed by atoms with van der Waals surface area (Å²) in [5, 5.41) is 16.1. The first-order valence-corrected chi connectivity index (χ1v) is 8.86. The molecule has 2 aromatic carbocycles. The average molecular weight is 357 g/mol. The quantitative estimate of drug-likeness (QED) is 0.612. The summed E-state index contributed by atoms with van der Waals surface area (Å²) < 4.78 is 22.4. The van der Waals surface area contributed by atoms with Gasteiger partial charge in [-0.3, -0.25) is 14.8 Å². The van der Waals surface area contributed by atoms with E-state index in [0.717, 1.165) is 5.56 Å². The number of fused-ring (bicyclic) bond motifs is 1. The minimum Gasteiger partial charge on any atom is -0.494 e. The molecule has 128 valence electrons. The monoisotopic (exact) mass is 357 g/mol. The van der Waals surface area contributed by atoms with Crippen LogP contribution >= 0.6 is 0 Å². The van der Waals surface area contributed by atoms with Crippen LogP contribution in [0.5, 0.6) is 5.88 Å². The Hall–Kier alpha value is -2.97. The molecule has 0 amide bonds. The van der Waals surface area contributed by atoms with Gasteiger partial charge in [-0.2, -0.15) is 0 Å². The second-order valence-corrected chi connectivity index (χ2v) is 6.98. The summed E-state index contributed by atoms with van der Waals surface area (Å²) in [5.74, 6) is -0.253. The largest absolute Gasteiger partial charge is 0.494 e. The molecule has 1 heterocycles. The molecule has 0 atom stereocenters. The van der Waals surface area contributed by atoms with Gasteiger partial charge in [0.1, 0.15) is 0 Å². The molecule has 0 saturated heterocycles. The van der Waals surface area contributed by atoms with Gasteiger partial charge in [-0.25, -0.2) is 13.6 Å². The van der Waals surface area contributed by atoms with Crippen molar-refractivity contribution in [3.05, 3.63) is 70.0 Å². The first-order valence-electron chi connectivity index (χ1n) is 7.32. The molecule has 25 heavy (non-hydrogen) atoms. The van der Waals surface area contributed by atoms with Gasteiger partial charge in [0.25, 0.3) is 5.56 Å². The van der Waals surface area contributed by atoms with E-state index < -0.39 is 10.0 Å². The Morgan fingerprint density at radius 1 is 1.08 bits per heavy atom. The number of sulfonamides is 1. The number of hydrogen-bond acceptors (Lipinski definition) is 5. The van der Waals surface area contributed by atoms with Crippen LogP contribution in [0.1, 0.15) is 11.1 Å². The molecule has 0 spiro atoms. The summed E-state index contributed by atoms with van der Waals surface area (Å²) >= 11 is 0. The van der Waals surface area contributed by atoms with Crippen LogP contribution in [0.15, 0.2) is 63.2 Å². The number of nitrogens with two attached hydrogens (primary N) is 1. The first kappa shape index (κ1) is 16.9. The highest BCUT2D eigenvalue weighted by molar-refractivity contribution is 7.89. The molecular formula is C17H15N3O4S. The first-order chi connectivity index (χ1) is 11.9. The average Bonchev–Trinajstić information content (AvgIpc) is 2.57. The third kappa shape index (κ3) is 3.59. The minimum atomic E-state index is -3.72. The van der Waals surface area contributed by atoms with Crippen molar-refractivity contribution in [2.24, 2.45) is 10.1 Å². The van der Waals surface area contributed by atoms with E-state index in [9.17, 15) is 18.3 Å². The fourth-order valence-corrected chi connectivity index (χ4v) is 2.96. The number of aromatic amines is 1. The zero-order valence-corrected chi connectivity index (χ0v) is 13.8. The number of aromatic nitrogens is 1. The molecule has 3 rings (SSSR count). The van der Waals surface area contributed by atoms with Crippen molar-refractivity contribution in [2.75, 3.05) is 0 Å². The van der Waals surface area contributed by atoms with Crippen LogP contribution in [0.3, 0.4) is 0 Å². The SMILES string of the molecule is NS(=O)(=O)c1ccc(CN=Cc2c(O)[nH]c(=O)c3ccccc23)cc1. The van der Waals surface area contributed by atoms with E-state index in [2.05, 4.69) is 9.98 Å². The third-order valence-electron chi connectivity index (χ3n) is 3.70. The molecule has 0 bridgehead atoms. The molecule has 8 heteroatoms. The molecule has 0 saturated carbocycles. The van der Waals surface area contributed by atoms with Gasteiger partial charge in [-0.05, 0) is 23.8 Å². The Kier molecular flexibility index (Phi) is 4.39. The van der Waals surface area contributed by atoms with E-state index in [1.807, 2.05) is 0 Å². The summed E-state index contributed by atoms with van der Waals surface area (Å²) in [6, 6.07) is 12.9. The van der Waals surface area contributed by atoms with Gasteiger partial charge in [-0.15, -0.1) is 0 Å².